The summed E-state index contributed by atoms with van der Waals surface area (Å²) < 4.78 is 9.87. The van der Waals surface area contributed by atoms with E-state index in [9.17, 15) is 14.4 Å². The third-order valence-electron chi connectivity index (χ3n) is 4.35. The number of esters is 1. The minimum Gasteiger partial charge on any atom is -0.465 e. The van der Waals surface area contributed by atoms with E-state index in [1.54, 1.807) is 18.2 Å². The maximum atomic E-state index is 12.5. The Kier molecular flexibility index (Phi) is 6.32. The van der Waals surface area contributed by atoms with Crippen LogP contribution in [0.4, 0.5) is 5.69 Å². The molecule has 2 aromatic carbocycles. The van der Waals surface area contributed by atoms with Gasteiger partial charge in [-0.05, 0) is 61.9 Å². The summed E-state index contributed by atoms with van der Waals surface area (Å²) in [4.78, 5) is 36.8. The SMILES string of the molecule is COC(=O)c1cc(CNC(=O)c2cc(C)cc(C)c2)cc(NC(=O)c2ccco2)c1. The monoisotopic (exact) mass is 406 g/mol. The van der Waals surface area contributed by atoms with Gasteiger partial charge < -0.3 is 19.8 Å². The zero-order chi connectivity index (χ0) is 21.7. The Labute approximate surface area is 174 Å². The summed E-state index contributed by atoms with van der Waals surface area (Å²) >= 11 is 0. The lowest BCUT2D eigenvalue weighted by molar-refractivity contribution is 0.0600. The molecule has 0 saturated carbocycles. The second-order valence-corrected chi connectivity index (χ2v) is 6.90. The van der Waals surface area contributed by atoms with Crippen molar-refractivity contribution in [1.29, 1.82) is 0 Å². The highest BCUT2D eigenvalue weighted by molar-refractivity contribution is 6.03. The molecule has 1 aromatic heterocycles. The van der Waals surface area contributed by atoms with Crippen molar-refractivity contribution in [1.82, 2.24) is 5.32 Å². The third kappa shape index (κ3) is 5.14. The number of hydrogen-bond donors (Lipinski definition) is 2. The summed E-state index contributed by atoms with van der Waals surface area (Å²) in [7, 11) is 1.28. The molecule has 7 heteroatoms. The van der Waals surface area contributed by atoms with Gasteiger partial charge in [-0.3, -0.25) is 9.59 Å². The van der Waals surface area contributed by atoms with Crippen LogP contribution in [0.25, 0.3) is 0 Å². The fourth-order valence-corrected chi connectivity index (χ4v) is 3.09. The highest BCUT2D eigenvalue weighted by Gasteiger charge is 2.14. The first-order chi connectivity index (χ1) is 14.4. The second-order valence-electron chi connectivity index (χ2n) is 6.90. The Bertz CT molecular complexity index is 1070. The molecule has 0 fully saturated rings. The molecule has 2 amide bonds. The van der Waals surface area contributed by atoms with Crippen LogP contribution in [0, 0.1) is 13.8 Å². The Morgan fingerprint density at radius 1 is 0.933 bits per heavy atom. The van der Waals surface area contributed by atoms with Crippen molar-refractivity contribution in [3.8, 4) is 0 Å². The Morgan fingerprint density at radius 2 is 1.67 bits per heavy atom. The van der Waals surface area contributed by atoms with Crippen LogP contribution in [-0.4, -0.2) is 24.9 Å². The summed E-state index contributed by atoms with van der Waals surface area (Å²) in [5.74, 6) is -1.09. The van der Waals surface area contributed by atoms with Crippen molar-refractivity contribution in [2.45, 2.75) is 20.4 Å². The van der Waals surface area contributed by atoms with Crippen LogP contribution in [0.1, 0.15) is 48.0 Å². The van der Waals surface area contributed by atoms with Gasteiger partial charge in [0.1, 0.15) is 0 Å². The molecule has 3 aromatic rings. The predicted octanol–water partition coefficient (Wildman–Crippen LogP) is 3.87. The normalized spacial score (nSPS) is 10.4. The number of aryl methyl sites for hydroxylation is 2. The van der Waals surface area contributed by atoms with Crippen LogP contribution < -0.4 is 10.6 Å². The molecule has 0 aliphatic heterocycles. The molecule has 0 aliphatic carbocycles. The highest BCUT2D eigenvalue weighted by atomic mass is 16.5. The minimum absolute atomic E-state index is 0.142. The lowest BCUT2D eigenvalue weighted by atomic mass is 10.1. The number of carbonyl (C=O) groups excluding carboxylic acids is 3. The smallest absolute Gasteiger partial charge is 0.337 e. The van der Waals surface area contributed by atoms with Crippen LogP contribution in [0.2, 0.25) is 0 Å². The molecule has 0 aliphatic rings. The van der Waals surface area contributed by atoms with Crippen molar-refractivity contribution < 1.29 is 23.5 Å². The van der Waals surface area contributed by atoms with Gasteiger partial charge in [0.2, 0.25) is 0 Å². The molecular weight excluding hydrogens is 384 g/mol. The summed E-state index contributed by atoms with van der Waals surface area (Å²) in [6.45, 7) is 4.02. The van der Waals surface area contributed by atoms with Crippen LogP contribution >= 0.6 is 0 Å². The Hall–Kier alpha value is -3.87. The predicted molar refractivity (Wildman–Crippen MR) is 112 cm³/mol. The van der Waals surface area contributed by atoms with Crippen molar-refractivity contribution in [3.63, 3.8) is 0 Å². The number of ether oxygens (including phenoxy) is 1. The number of furan rings is 1. The van der Waals surface area contributed by atoms with Crippen molar-refractivity contribution in [2.75, 3.05) is 12.4 Å². The highest BCUT2D eigenvalue weighted by Crippen LogP contribution is 2.18. The largest absolute Gasteiger partial charge is 0.465 e. The number of benzene rings is 2. The van der Waals surface area contributed by atoms with Crippen LogP contribution in [0.3, 0.4) is 0 Å². The molecule has 2 N–H and O–H groups in total. The summed E-state index contributed by atoms with van der Waals surface area (Å²) in [5, 5.41) is 5.52. The lowest BCUT2D eigenvalue weighted by Gasteiger charge is -2.11. The van der Waals surface area contributed by atoms with Gasteiger partial charge in [-0.1, -0.05) is 17.2 Å². The van der Waals surface area contributed by atoms with E-state index in [0.717, 1.165) is 11.1 Å². The van der Waals surface area contributed by atoms with Crippen molar-refractivity contribution in [3.05, 3.63) is 88.4 Å². The number of rotatable bonds is 6. The van der Waals surface area contributed by atoms with Gasteiger partial charge in [0.25, 0.3) is 11.8 Å². The minimum atomic E-state index is -0.550. The molecular formula is C23H22N2O5. The number of carbonyl (C=O) groups is 3. The number of nitrogens with one attached hydrogen (secondary N) is 2. The topological polar surface area (TPSA) is 97.6 Å². The first kappa shape index (κ1) is 20.9. The van der Waals surface area contributed by atoms with E-state index in [2.05, 4.69) is 10.6 Å². The van der Waals surface area contributed by atoms with Gasteiger partial charge in [-0.25, -0.2) is 4.79 Å². The summed E-state index contributed by atoms with van der Waals surface area (Å²) in [6.07, 6.45) is 1.40. The fourth-order valence-electron chi connectivity index (χ4n) is 3.09. The van der Waals surface area contributed by atoms with Crippen molar-refractivity contribution >= 4 is 23.5 Å². The number of anilines is 1. The van der Waals surface area contributed by atoms with E-state index in [0.29, 0.717) is 16.8 Å². The molecule has 154 valence electrons. The maximum Gasteiger partial charge on any atom is 0.337 e. The van der Waals surface area contributed by atoms with Gasteiger partial charge in [-0.2, -0.15) is 0 Å². The quantitative estimate of drug-likeness (QED) is 0.606. The Balaban J connectivity index is 1.79. The summed E-state index contributed by atoms with van der Waals surface area (Å²) in [6, 6.07) is 13.5. The van der Waals surface area contributed by atoms with E-state index in [4.69, 9.17) is 9.15 Å². The molecule has 0 spiro atoms. The zero-order valence-electron chi connectivity index (χ0n) is 16.9. The number of methoxy groups -OCH3 is 1. The van der Waals surface area contributed by atoms with E-state index in [1.165, 1.54) is 25.5 Å². The van der Waals surface area contributed by atoms with Crippen LogP contribution in [0.15, 0.2) is 59.2 Å². The second kappa shape index (κ2) is 9.09. The molecule has 3 rings (SSSR count). The van der Waals surface area contributed by atoms with Crippen molar-refractivity contribution in [2.24, 2.45) is 0 Å². The van der Waals surface area contributed by atoms with Crippen LogP contribution in [0.5, 0.6) is 0 Å². The first-order valence-corrected chi connectivity index (χ1v) is 9.29. The molecule has 0 atom stereocenters. The standard InChI is InChI=1S/C23H22N2O5/c1-14-7-15(2)9-17(8-14)21(26)24-13-16-10-18(23(28)29-3)12-19(11-16)25-22(27)20-5-4-6-30-20/h4-12H,13H2,1-3H3,(H,24,26)(H,25,27). The average Bonchev–Trinajstić information content (AvgIpc) is 3.25. The summed E-state index contributed by atoms with van der Waals surface area (Å²) in [5.41, 5.74) is 3.82. The Morgan fingerprint density at radius 3 is 2.30 bits per heavy atom. The average molecular weight is 406 g/mol. The zero-order valence-corrected chi connectivity index (χ0v) is 16.9. The van der Waals surface area contributed by atoms with Gasteiger partial charge in [0, 0.05) is 17.8 Å². The molecule has 7 nitrogen and oxygen atoms in total. The molecule has 0 bridgehead atoms. The van der Waals surface area contributed by atoms with Crippen LogP contribution in [-0.2, 0) is 11.3 Å². The number of hydrogen-bond acceptors (Lipinski definition) is 5. The third-order valence-corrected chi connectivity index (χ3v) is 4.35. The molecule has 0 unspecified atom stereocenters. The number of amides is 2. The molecule has 1 heterocycles. The van der Waals surface area contributed by atoms with E-state index in [1.807, 2.05) is 32.0 Å². The molecule has 30 heavy (non-hydrogen) atoms. The van der Waals surface area contributed by atoms with Gasteiger partial charge in [0.05, 0.1) is 18.9 Å². The van der Waals surface area contributed by atoms with E-state index < -0.39 is 11.9 Å². The first-order valence-electron chi connectivity index (χ1n) is 9.29. The van der Waals surface area contributed by atoms with Gasteiger partial charge in [0.15, 0.2) is 5.76 Å². The fraction of sp³-hybridized carbons (Fsp3) is 0.174. The van der Waals surface area contributed by atoms with Gasteiger partial charge >= 0.3 is 5.97 Å². The van der Waals surface area contributed by atoms with E-state index >= 15 is 0 Å². The molecule has 0 radical (unpaired) electrons. The molecule has 0 saturated heterocycles. The van der Waals surface area contributed by atoms with E-state index in [-0.39, 0.29) is 23.8 Å². The van der Waals surface area contributed by atoms with Gasteiger partial charge in [-0.15, -0.1) is 0 Å². The maximum absolute atomic E-state index is 12.5. The lowest BCUT2D eigenvalue weighted by Crippen LogP contribution is -2.23.